The molecule has 188 valence electrons. The molecule has 0 aromatic carbocycles. The molecule has 0 atom stereocenters. The van der Waals surface area contributed by atoms with Crippen LogP contribution in [0.15, 0.2) is 45.0 Å². The van der Waals surface area contributed by atoms with Gasteiger partial charge in [0.25, 0.3) is 0 Å². The fraction of sp³-hybridized carbons (Fsp3) is 0.278. The molecule has 1 N–H and O–H groups in total. The van der Waals surface area contributed by atoms with Gasteiger partial charge in [0, 0.05) is 18.0 Å². The maximum absolute atomic E-state index is 12.8. The normalized spacial score (nSPS) is 13.2. The summed E-state index contributed by atoms with van der Waals surface area (Å²) < 4.78 is 106. The van der Waals surface area contributed by atoms with Crippen LogP contribution in [0.25, 0.3) is 11.4 Å². The SMILES string of the molecule is CCS(=O)(=O)c1cc(-c2noc(C(F)(F)F)n2)cnc1C(=Nc1ccc(C(F)(F)F)cn1)NOC. The lowest BCUT2D eigenvalue weighted by atomic mass is 10.2. The number of hydrogen-bond donors (Lipinski definition) is 1. The zero-order chi connectivity index (χ0) is 26.0. The molecule has 3 rings (SSSR count). The lowest BCUT2D eigenvalue weighted by molar-refractivity contribution is -0.159. The molecule has 35 heavy (non-hydrogen) atoms. The van der Waals surface area contributed by atoms with Crippen LogP contribution in [0.5, 0.6) is 0 Å². The maximum Gasteiger partial charge on any atom is 0.471 e. The van der Waals surface area contributed by atoms with Crippen LogP contribution in [-0.4, -0.2) is 47.2 Å². The van der Waals surface area contributed by atoms with Crippen molar-refractivity contribution < 1.29 is 44.1 Å². The van der Waals surface area contributed by atoms with Crippen molar-refractivity contribution in [3.8, 4) is 11.4 Å². The molecule has 0 fully saturated rings. The molecule has 0 aliphatic carbocycles. The third-order valence-electron chi connectivity index (χ3n) is 4.22. The Bertz CT molecular complexity index is 1340. The molecule has 3 aromatic rings. The van der Waals surface area contributed by atoms with E-state index in [1.165, 1.54) is 6.92 Å². The third-order valence-corrected chi connectivity index (χ3v) is 5.96. The summed E-state index contributed by atoms with van der Waals surface area (Å²) in [5.74, 6) is -3.28. The average Bonchev–Trinajstić information content (AvgIpc) is 3.29. The number of halogens is 6. The number of alkyl halides is 6. The number of rotatable bonds is 6. The number of aliphatic imine (C=N–C) groups is 1. The first-order valence-corrected chi connectivity index (χ1v) is 11.0. The van der Waals surface area contributed by atoms with Crippen LogP contribution >= 0.6 is 0 Å². The van der Waals surface area contributed by atoms with E-state index in [0.29, 0.717) is 12.3 Å². The van der Waals surface area contributed by atoms with Crippen molar-refractivity contribution in [3.05, 3.63) is 47.7 Å². The molecule has 0 bridgehead atoms. The Hall–Kier alpha value is -3.60. The van der Waals surface area contributed by atoms with E-state index in [0.717, 1.165) is 25.4 Å². The predicted molar refractivity (Wildman–Crippen MR) is 106 cm³/mol. The average molecular weight is 524 g/mol. The van der Waals surface area contributed by atoms with Crippen molar-refractivity contribution in [2.45, 2.75) is 24.2 Å². The maximum atomic E-state index is 12.8. The first-order valence-electron chi connectivity index (χ1n) is 9.31. The van der Waals surface area contributed by atoms with Gasteiger partial charge in [0.1, 0.15) is 5.69 Å². The molecule has 0 spiro atoms. The van der Waals surface area contributed by atoms with Crippen molar-refractivity contribution in [2.24, 2.45) is 4.99 Å². The minimum absolute atomic E-state index is 0.218. The van der Waals surface area contributed by atoms with Gasteiger partial charge in [0.05, 0.1) is 23.3 Å². The number of hydroxylamine groups is 1. The molecule has 3 heterocycles. The molecular weight excluding hydrogens is 510 g/mol. The van der Waals surface area contributed by atoms with Gasteiger partial charge >= 0.3 is 18.2 Å². The minimum Gasteiger partial charge on any atom is -0.329 e. The van der Waals surface area contributed by atoms with E-state index in [4.69, 9.17) is 4.84 Å². The second-order valence-electron chi connectivity index (χ2n) is 6.56. The number of aromatic nitrogens is 4. The quantitative estimate of drug-likeness (QED) is 0.222. The standard InChI is InChI=1S/C18H14F6N6O4S/c1-3-35(31,32)11-6-9(14-28-16(34-30-14)18(22,23)24)7-26-13(11)15(29-33-2)27-12-5-4-10(8-25-12)17(19,20)21/h4-8H,3H2,1-2H3,(H,25,27,29). The highest BCUT2D eigenvalue weighted by Crippen LogP contribution is 2.31. The summed E-state index contributed by atoms with van der Waals surface area (Å²) in [6.45, 7) is 1.31. The highest BCUT2D eigenvalue weighted by molar-refractivity contribution is 7.91. The number of pyridine rings is 2. The van der Waals surface area contributed by atoms with Crippen molar-refractivity contribution in [1.82, 2.24) is 25.6 Å². The van der Waals surface area contributed by atoms with E-state index in [1.807, 2.05) is 0 Å². The van der Waals surface area contributed by atoms with E-state index in [1.54, 1.807) is 0 Å². The largest absolute Gasteiger partial charge is 0.471 e. The predicted octanol–water partition coefficient (Wildman–Crippen LogP) is 3.59. The van der Waals surface area contributed by atoms with E-state index in [-0.39, 0.29) is 22.9 Å². The van der Waals surface area contributed by atoms with Crippen LogP contribution in [0.4, 0.5) is 32.2 Å². The molecule has 17 heteroatoms. The summed E-state index contributed by atoms with van der Waals surface area (Å²) in [5, 5.41) is 3.20. The van der Waals surface area contributed by atoms with Gasteiger partial charge in [-0.15, -0.1) is 0 Å². The van der Waals surface area contributed by atoms with Gasteiger partial charge in [0.15, 0.2) is 21.5 Å². The molecule has 0 aliphatic rings. The Morgan fingerprint density at radius 1 is 1.11 bits per heavy atom. The monoisotopic (exact) mass is 524 g/mol. The number of hydrogen-bond acceptors (Lipinski definition) is 9. The van der Waals surface area contributed by atoms with Gasteiger partial charge in [0.2, 0.25) is 5.82 Å². The Morgan fingerprint density at radius 2 is 1.83 bits per heavy atom. The van der Waals surface area contributed by atoms with Crippen molar-refractivity contribution in [3.63, 3.8) is 0 Å². The number of nitrogens with one attached hydrogen (secondary N) is 1. The highest BCUT2D eigenvalue weighted by Gasteiger charge is 2.38. The van der Waals surface area contributed by atoms with Crippen molar-refractivity contribution in [2.75, 3.05) is 12.9 Å². The zero-order valence-corrected chi connectivity index (χ0v) is 18.5. The summed E-state index contributed by atoms with van der Waals surface area (Å²) in [4.78, 5) is 19.0. The van der Waals surface area contributed by atoms with Crippen LogP contribution in [0, 0.1) is 0 Å². The number of sulfone groups is 1. The summed E-state index contributed by atoms with van der Waals surface area (Å²) in [6, 6.07) is 2.60. The Labute approximate surface area is 192 Å². The van der Waals surface area contributed by atoms with Gasteiger partial charge in [-0.2, -0.15) is 31.3 Å². The third kappa shape index (κ3) is 5.91. The first-order chi connectivity index (χ1) is 16.3. The molecule has 0 amide bonds. The van der Waals surface area contributed by atoms with Crippen LogP contribution in [0.1, 0.15) is 24.1 Å². The highest BCUT2D eigenvalue weighted by atomic mass is 32.2. The zero-order valence-electron chi connectivity index (χ0n) is 17.6. The van der Waals surface area contributed by atoms with Gasteiger partial charge in [-0.3, -0.25) is 9.82 Å². The molecule has 0 radical (unpaired) electrons. The minimum atomic E-state index is -4.92. The number of nitrogens with zero attached hydrogens (tertiary/aromatic N) is 5. The van der Waals surface area contributed by atoms with Gasteiger partial charge in [-0.1, -0.05) is 12.1 Å². The van der Waals surface area contributed by atoms with Crippen LogP contribution in [-0.2, 0) is 27.0 Å². The Balaban J connectivity index is 2.13. The second kappa shape index (κ2) is 9.57. The second-order valence-corrected chi connectivity index (χ2v) is 8.81. The Morgan fingerprint density at radius 3 is 2.34 bits per heavy atom. The van der Waals surface area contributed by atoms with Gasteiger partial charge in [-0.05, 0) is 18.2 Å². The topological polar surface area (TPSA) is 132 Å². The summed E-state index contributed by atoms with van der Waals surface area (Å²) in [7, 11) is -2.93. The first kappa shape index (κ1) is 26.0. The van der Waals surface area contributed by atoms with E-state index < -0.39 is 50.1 Å². The molecule has 0 saturated carbocycles. The molecule has 0 aliphatic heterocycles. The van der Waals surface area contributed by atoms with E-state index >= 15 is 0 Å². The summed E-state index contributed by atoms with van der Waals surface area (Å²) >= 11 is 0. The molecule has 3 aromatic heterocycles. The van der Waals surface area contributed by atoms with Crippen LogP contribution in [0.2, 0.25) is 0 Å². The number of amidine groups is 1. The van der Waals surface area contributed by atoms with Crippen LogP contribution < -0.4 is 5.48 Å². The fourth-order valence-electron chi connectivity index (χ4n) is 2.55. The molecule has 0 saturated heterocycles. The molecule has 0 unspecified atom stereocenters. The molecular formula is C18H14F6N6O4S. The Kier molecular flexibility index (Phi) is 7.11. The lowest BCUT2D eigenvalue weighted by Crippen LogP contribution is -2.27. The van der Waals surface area contributed by atoms with E-state index in [2.05, 4.69) is 35.1 Å². The summed E-state index contributed by atoms with van der Waals surface area (Å²) in [6.07, 6.45) is -8.07. The van der Waals surface area contributed by atoms with Crippen molar-refractivity contribution >= 4 is 21.5 Å². The fourth-order valence-corrected chi connectivity index (χ4v) is 3.61. The lowest BCUT2D eigenvalue weighted by Gasteiger charge is -2.13. The van der Waals surface area contributed by atoms with Gasteiger partial charge in [-0.25, -0.2) is 23.9 Å². The van der Waals surface area contributed by atoms with Gasteiger partial charge < -0.3 is 4.52 Å². The van der Waals surface area contributed by atoms with Crippen molar-refractivity contribution in [1.29, 1.82) is 0 Å². The summed E-state index contributed by atoms with van der Waals surface area (Å²) in [5.41, 5.74) is 0.673. The van der Waals surface area contributed by atoms with Crippen LogP contribution in [0.3, 0.4) is 0 Å². The molecule has 10 nitrogen and oxygen atoms in total. The van der Waals surface area contributed by atoms with E-state index in [9.17, 15) is 34.8 Å². The smallest absolute Gasteiger partial charge is 0.329 e.